The summed E-state index contributed by atoms with van der Waals surface area (Å²) in [6.45, 7) is 4.08. The Balaban J connectivity index is 1.74. The lowest BCUT2D eigenvalue weighted by molar-refractivity contribution is -0.289. The Morgan fingerprint density at radius 3 is 2.43 bits per heavy atom. The highest BCUT2D eigenvalue weighted by atomic mass is 32.2. The molecule has 1 aromatic heterocycles. The predicted molar refractivity (Wildman–Crippen MR) is 105 cm³/mol. The van der Waals surface area contributed by atoms with Crippen LogP contribution in [0.25, 0.3) is 0 Å². The van der Waals surface area contributed by atoms with Crippen molar-refractivity contribution >= 4 is 15.7 Å². The Kier molecular flexibility index (Phi) is 6.71. The SMILES string of the molecule is Cc1cc(COc2ccc(S(=O)(=O)C3CCOCC3C(=O)N(O)O)cc2)cc(C)n1. The highest BCUT2D eigenvalue weighted by molar-refractivity contribution is 7.92. The second-order valence-corrected chi connectivity index (χ2v) is 9.37. The van der Waals surface area contributed by atoms with Crippen molar-refractivity contribution in [1.29, 1.82) is 0 Å². The number of benzene rings is 1. The van der Waals surface area contributed by atoms with Crippen molar-refractivity contribution in [1.82, 2.24) is 10.2 Å². The van der Waals surface area contributed by atoms with Crippen LogP contribution in [0, 0.1) is 19.8 Å². The lowest BCUT2D eigenvalue weighted by Crippen LogP contribution is -2.46. The Morgan fingerprint density at radius 2 is 1.83 bits per heavy atom. The molecule has 1 aliphatic heterocycles. The van der Waals surface area contributed by atoms with Crippen LogP contribution in [0.2, 0.25) is 0 Å². The van der Waals surface area contributed by atoms with Gasteiger partial charge in [0.05, 0.1) is 22.7 Å². The molecule has 0 aliphatic carbocycles. The van der Waals surface area contributed by atoms with E-state index in [4.69, 9.17) is 19.9 Å². The fraction of sp³-hybridized carbons (Fsp3) is 0.400. The third kappa shape index (κ3) is 4.96. The number of amides is 1. The largest absolute Gasteiger partial charge is 0.489 e. The summed E-state index contributed by atoms with van der Waals surface area (Å²) >= 11 is 0. The van der Waals surface area contributed by atoms with E-state index in [9.17, 15) is 13.2 Å². The molecule has 30 heavy (non-hydrogen) atoms. The van der Waals surface area contributed by atoms with E-state index in [1.807, 2.05) is 26.0 Å². The van der Waals surface area contributed by atoms with Crippen LogP contribution in [0.3, 0.4) is 0 Å². The molecule has 3 rings (SSSR count). The van der Waals surface area contributed by atoms with Crippen molar-refractivity contribution in [2.24, 2.45) is 5.92 Å². The molecule has 0 saturated carbocycles. The van der Waals surface area contributed by atoms with Crippen molar-refractivity contribution in [2.45, 2.75) is 37.0 Å². The number of hydrogen-bond donors (Lipinski definition) is 2. The summed E-state index contributed by atoms with van der Waals surface area (Å²) in [5.74, 6) is -1.82. The van der Waals surface area contributed by atoms with Gasteiger partial charge >= 0.3 is 0 Å². The number of hydrogen-bond acceptors (Lipinski definition) is 8. The molecule has 1 aliphatic rings. The smallest absolute Gasteiger partial charge is 0.279 e. The molecule has 2 unspecified atom stereocenters. The molecule has 9 nitrogen and oxygen atoms in total. The fourth-order valence-electron chi connectivity index (χ4n) is 3.54. The highest BCUT2D eigenvalue weighted by Crippen LogP contribution is 2.30. The molecule has 0 spiro atoms. The van der Waals surface area contributed by atoms with E-state index in [1.54, 1.807) is 12.1 Å². The van der Waals surface area contributed by atoms with Crippen LogP contribution in [0.1, 0.15) is 23.4 Å². The van der Waals surface area contributed by atoms with Gasteiger partial charge in [-0.15, -0.1) is 0 Å². The topological polar surface area (TPSA) is 126 Å². The molecule has 1 aromatic carbocycles. The van der Waals surface area contributed by atoms with Gasteiger partial charge in [0.2, 0.25) is 0 Å². The van der Waals surface area contributed by atoms with Crippen molar-refractivity contribution in [3.8, 4) is 5.75 Å². The predicted octanol–water partition coefficient (Wildman–Crippen LogP) is 2.06. The first-order valence-corrected chi connectivity index (χ1v) is 10.9. The van der Waals surface area contributed by atoms with E-state index < -0.39 is 32.1 Å². The van der Waals surface area contributed by atoms with Crippen LogP contribution in [0.15, 0.2) is 41.3 Å². The average Bonchev–Trinajstić information content (AvgIpc) is 2.71. The molecule has 10 heteroatoms. The molecule has 2 heterocycles. The van der Waals surface area contributed by atoms with Gasteiger partial charge in [-0.05, 0) is 62.2 Å². The molecule has 2 N–H and O–H groups in total. The van der Waals surface area contributed by atoms with Crippen LogP contribution >= 0.6 is 0 Å². The number of aryl methyl sites for hydroxylation is 2. The number of carbonyl (C=O) groups is 1. The van der Waals surface area contributed by atoms with Crippen molar-refractivity contribution in [3.05, 3.63) is 53.3 Å². The lowest BCUT2D eigenvalue weighted by Gasteiger charge is -2.30. The summed E-state index contributed by atoms with van der Waals surface area (Å²) in [5.41, 5.74) is 2.73. The molecular formula is C20H24N2O7S. The molecule has 162 valence electrons. The molecule has 1 amide bonds. The number of carbonyl (C=O) groups excluding carboxylic acids is 1. The van der Waals surface area contributed by atoms with E-state index >= 15 is 0 Å². The van der Waals surface area contributed by atoms with E-state index in [2.05, 4.69) is 4.98 Å². The van der Waals surface area contributed by atoms with Gasteiger partial charge in [0.1, 0.15) is 12.4 Å². The normalized spacial score (nSPS) is 19.3. The minimum absolute atomic E-state index is 0.0255. The number of ether oxygens (including phenoxy) is 2. The summed E-state index contributed by atoms with van der Waals surface area (Å²) < 4.78 is 37.0. The summed E-state index contributed by atoms with van der Waals surface area (Å²) in [5, 5.41) is 16.3. The zero-order valence-electron chi connectivity index (χ0n) is 16.7. The zero-order chi connectivity index (χ0) is 21.9. The van der Waals surface area contributed by atoms with E-state index in [1.165, 1.54) is 12.1 Å². The zero-order valence-corrected chi connectivity index (χ0v) is 17.5. The van der Waals surface area contributed by atoms with Gasteiger partial charge in [-0.2, -0.15) is 0 Å². The average molecular weight is 436 g/mol. The molecule has 1 fully saturated rings. The third-order valence-corrected chi connectivity index (χ3v) is 7.20. The molecule has 2 atom stereocenters. The van der Waals surface area contributed by atoms with Gasteiger partial charge in [0, 0.05) is 18.0 Å². The Morgan fingerprint density at radius 1 is 1.20 bits per heavy atom. The molecular weight excluding hydrogens is 412 g/mol. The quantitative estimate of drug-likeness (QED) is 0.521. The second kappa shape index (κ2) is 9.09. The fourth-order valence-corrected chi connectivity index (χ4v) is 5.44. The maximum atomic E-state index is 13.1. The maximum absolute atomic E-state index is 13.1. The summed E-state index contributed by atoms with van der Waals surface area (Å²) in [6.07, 6.45) is 0.0750. The molecule has 2 aromatic rings. The van der Waals surface area contributed by atoms with Crippen molar-refractivity contribution in [3.63, 3.8) is 0 Å². The van der Waals surface area contributed by atoms with Crippen molar-refractivity contribution < 1.29 is 33.1 Å². The van der Waals surface area contributed by atoms with Gasteiger partial charge in [-0.3, -0.25) is 20.2 Å². The number of aromatic nitrogens is 1. The first kappa shape index (κ1) is 22.2. The van der Waals surface area contributed by atoms with Gasteiger partial charge in [-0.1, -0.05) is 5.23 Å². The van der Waals surface area contributed by atoms with Crippen LogP contribution in [0.4, 0.5) is 0 Å². The minimum atomic E-state index is -3.90. The van der Waals surface area contributed by atoms with Crippen LogP contribution in [-0.4, -0.2) is 53.4 Å². The van der Waals surface area contributed by atoms with Crippen molar-refractivity contribution in [2.75, 3.05) is 13.2 Å². The first-order chi connectivity index (χ1) is 14.2. The first-order valence-electron chi connectivity index (χ1n) is 9.39. The molecule has 0 radical (unpaired) electrons. The maximum Gasteiger partial charge on any atom is 0.279 e. The number of nitrogens with zero attached hydrogens (tertiary/aromatic N) is 2. The third-order valence-electron chi connectivity index (χ3n) is 4.90. The summed E-state index contributed by atoms with van der Waals surface area (Å²) in [4.78, 5) is 16.3. The number of pyridine rings is 1. The number of rotatable bonds is 6. The highest BCUT2D eigenvalue weighted by Gasteiger charge is 2.42. The van der Waals surface area contributed by atoms with Gasteiger partial charge in [0.15, 0.2) is 9.84 Å². The van der Waals surface area contributed by atoms with Crippen LogP contribution in [-0.2, 0) is 26.0 Å². The summed E-state index contributed by atoms with van der Waals surface area (Å²) in [7, 11) is -3.90. The van der Waals surface area contributed by atoms with E-state index in [0.29, 0.717) is 12.4 Å². The van der Waals surface area contributed by atoms with Gasteiger partial charge in [-0.25, -0.2) is 8.42 Å². The van der Waals surface area contributed by atoms with E-state index in [0.717, 1.165) is 17.0 Å². The Hall–Kier alpha value is -2.53. The lowest BCUT2D eigenvalue weighted by atomic mass is 10.0. The Bertz CT molecular complexity index is 986. The second-order valence-electron chi connectivity index (χ2n) is 7.20. The standard InChI is InChI=1S/C20H24N2O7S/c1-13-9-15(10-14(2)21-13)11-29-16-3-5-17(6-4-16)30(26,27)19-7-8-28-12-18(19)20(23)22(24)25/h3-6,9-10,18-19,24-25H,7-8,11-12H2,1-2H3. The minimum Gasteiger partial charge on any atom is -0.489 e. The van der Waals surface area contributed by atoms with Gasteiger partial charge in [0.25, 0.3) is 5.91 Å². The molecule has 1 saturated heterocycles. The number of hydroxylamine groups is 2. The van der Waals surface area contributed by atoms with Crippen LogP contribution in [0.5, 0.6) is 5.75 Å². The molecule has 0 bridgehead atoms. The van der Waals surface area contributed by atoms with E-state index in [-0.39, 0.29) is 24.5 Å². The Labute approximate surface area is 174 Å². The van der Waals surface area contributed by atoms with Gasteiger partial charge < -0.3 is 9.47 Å². The monoisotopic (exact) mass is 436 g/mol. The summed E-state index contributed by atoms with van der Waals surface area (Å²) in [6, 6.07) is 9.77. The number of sulfone groups is 1. The van der Waals surface area contributed by atoms with Crippen LogP contribution < -0.4 is 4.74 Å².